The van der Waals surface area contributed by atoms with Crippen molar-refractivity contribution in [3.63, 3.8) is 0 Å². The Kier molecular flexibility index (Phi) is 3.55. The molecule has 0 saturated heterocycles. The molecule has 0 bridgehead atoms. The second-order valence-electron chi connectivity index (χ2n) is 4.74. The summed E-state index contributed by atoms with van der Waals surface area (Å²) in [7, 11) is 0. The van der Waals surface area contributed by atoms with E-state index < -0.39 is 5.91 Å². The summed E-state index contributed by atoms with van der Waals surface area (Å²) in [5, 5.41) is 1.37. The Labute approximate surface area is 124 Å². The average molecular weight is 309 g/mol. The SMILES string of the molecule is CCn1c(SCC(N)=O)nc2sc3c(c2c1=O)CCC3. The minimum Gasteiger partial charge on any atom is -0.369 e. The molecule has 0 aliphatic heterocycles. The summed E-state index contributed by atoms with van der Waals surface area (Å²) in [6.07, 6.45) is 3.15. The van der Waals surface area contributed by atoms with Gasteiger partial charge >= 0.3 is 0 Å². The van der Waals surface area contributed by atoms with E-state index in [1.54, 1.807) is 15.9 Å². The van der Waals surface area contributed by atoms with Crippen LogP contribution in [-0.2, 0) is 24.2 Å². The standard InChI is InChI=1S/C13H15N3O2S2/c1-2-16-12(18)10-7-4-3-5-8(7)20-11(10)15-13(16)19-6-9(14)17/h2-6H2,1H3,(H2,14,17). The minimum absolute atomic E-state index is 0.0175. The van der Waals surface area contributed by atoms with E-state index in [9.17, 15) is 9.59 Å². The van der Waals surface area contributed by atoms with Gasteiger partial charge in [0.05, 0.1) is 11.1 Å². The van der Waals surface area contributed by atoms with Crippen LogP contribution in [0.5, 0.6) is 0 Å². The number of thiophene rings is 1. The zero-order valence-corrected chi connectivity index (χ0v) is 12.8. The summed E-state index contributed by atoms with van der Waals surface area (Å²) in [4.78, 5) is 30.2. The number of nitrogens with zero attached hydrogens (tertiary/aromatic N) is 2. The van der Waals surface area contributed by atoms with Gasteiger partial charge in [-0.25, -0.2) is 4.98 Å². The summed E-state index contributed by atoms with van der Waals surface area (Å²) >= 11 is 2.85. The molecule has 0 fully saturated rings. The number of carbonyl (C=O) groups is 1. The van der Waals surface area contributed by atoms with Gasteiger partial charge in [-0.15, -0.1) is 11.3 Å². The van der Waals surface area contributed by atoms with Crippen LogP contribution in [0.1, 0.15) is 23.8 Å². The number of aromatic nitrogens is 2. The molecule has 1 aliphatic rings. The van der Waals surface area contributed by atoms with Crippen molar-refractivity contribution >= 4 is 39.2 Å². The number of primary amides is 1. The molecule has 0 radical (unpaired) electrons. The monoisotopic (exact) mass is 309 g/mol. The first-order valence-electron chi connectivity index (χ1n) is 6.58. The third kappa shape index (κ3) is 2.14. The Bertz CT molecular complexity index is 748. The highest BCUT2D eigenvalue weighted by molar-refractivity contribution is 7.99. The summed E-state index contributed by atoms with van der Waals surface area (Å²) in [5.41, 5.74) is 6.38. The maximum absolute atomic E-state index is 12.6. The highest BCUT2D eigenvalue weighted by Crippen LogP contribution is 2.35. The van der Waals surface area contributed by atoms with Gasteiger partial charge < -0.3 is 5.73 Å². The Morgan fingerprint density at radius 1 is 1.50 bits per heavy atom. The number of hydrogen-bond donors (Lipinski definition) is 1. The fraction of sp³-hybridized carbons (Fsp3) is 0.462. The third-order valence-electron chi connectivity index (χ3n) is 3.45. The maximum Gasteiger partial charge on any atom is 0.263 e. The number of nitrogens with two attached hydrogens (primary N) is 1. The van der Waals surface area contributed by atoms with E-state index in [1.807, 2.05) is 6.92 Å². The van der Waals surface area contributed by atoms with E-state index in [0.717, 1.165) is 29.5 Å². The van der Waals surface area contributed by atoms with Crippen LogP contribution in [0.4, 0.5) is 0 Å². The molecule has 0 atom stereocenters. The van der Waals surface area contributed by atoms with Crippen LogP contribution >= 0.6 is 23.1 Å². The molecular weight excluding hydrogens is 294 g/mol. The lowest BCUT2D eigenvalue weighted by Gasteiger charge is -2.09. The van der Waals surface area contributed by atoms with Crippen LogP contribution in [0.3, 0.4) is 0 Å². The second kappa shape index (κ2) is 5.21. The lowest BCUT2D eigenvalue weighted by molar-refractivity contribution is -0.115. The summed E-state index contributed by atoms with van der Waals surface area (Å²) in [6, 6.07) is 0. The molecule has 5 nitrogen and oxygen atoms in total. The van der Waals surface area contributed by atoms with Crippen molar-refractivity contribution in [2.45, 2.75) is 37.9 Å². The highest BCUT2D eigenvalue weighted by Gasteiger charge is 2.22. The van der Waals surface area contributed by atoms with Crippen molar-refractivity contribution in [2.24, 2.45) is 5.73 Å². The van der Waals surface area contributed by atoms with Crippen LogP contribution in [0.25, 0.3) is 10.2 Å². The quantitative estimate of drug-likeness (QED) is 0.686. The highest BCUT2D eigenvalue weighted by atomic mass is 32.2. The molecule has 2 N–H and O–H groups in total. The molecule has 0 saturated carbocycles. The van der Waals surface area contributed by atoms with Gasteiger partial charge in [0.25, 0.3) is 5.56 Å². The number of hydrogen-bond acceptors (Lipinski definition) is 5. The molecule has 1 aliphatic carbocycles. The maximum atomic E-state index is 12.6. The topological polar surface area (TPSA) is 78.0 Å². The van der Waals surface area contributed by atoms with Crippen LogP contribution in [0.2, 0.25) is 0 Å². The lowest BCUT2D eigenvalue weighted by Crippen LogP contribution is -2.23. The van der Waals surface area contributed by atoms with E-state index in [0.29, 0.717) is 11.7 Å². The molecule has 7 heteroatoms. The molecule has 106 valence electrons. The van der Waals surface area contributed by atoms with Crippen LogP contribution < -0.4 is 11.3 Å². The number of aryl methyl sites for hydroxylation is 2. The molecule has 20 heavy (non-hydrogen) atoms. The van der Waals surface area contributed by atoms with Gasteiger partial charge in [0.2, 0.25) is 5.91 Å². The third-order valence-corrected chi connectivity index (χ3v) is 5.63. The summed E-state index contributed by atoms with van der Waals surface area (Å²) in [6.45, 7) is 2.46. The van der Waals surface area contributed by atoms with Crippen LogP contribution in [0, 0.1) is 0 Å². The smallest absolute Gasteiger partial charge is 0.263 e. The number of rotatable bonds is 4. The molecule has 3 rings (SSSR count). The van der Waals surface area contributed by atoms with Gasteiger partial charge in [0.15, 0.2) is 5.16 Å². The summed E-state index contributed by atoms with van der Waals surface area (Å²) < 4.78 is 1.64. The van der Waals surface area contributed by atoms with Crippen molar-refractivity contribution in [3.05, 3.63) is 20.8 Å². The molecule has 2 heterocycles. The van der Waals surface area contributed by atoms with Gasteiger partial charge in [-0.05, 0) is 31.7 Å². The van der Waals surface area contributed by atoms with Gasteiger partial charge in [-0.2, -0.15) is 0 Å². The number of fused-ring (bicyclic) bond motifs is 3. The zero-order chi connectivity index (χ0) is 14.3. The Morgan fingerprint density at radius 3 is 3.00 bits per heavy atom. The largest absolute Gasteiger partial charge is 0.369 e. The average Bonchev–Trinajstić information content (AvgIpc) is 2.96. The van der Waals surface area contributed by atoms with Crippen LogP contribution in [-0.4, -0.2) is 21.2 Å². The number of amides is 1. The van der Waals surface area contributed by atoms with Crippen molar-refractivity contribution in [1.82, 2.24) is 9.55 Å². The number of carbonyl (C=O) groups excluding carboxylic acids is 1. The predicted octanol–water partition coefficient (Wildman–Crippen LogP) is 1.54. The first-order valence-corrected chi connectivity index (χ1v) is 8.38. The molecule has 0 spiro atoms. The molecule has 1 amide bonds. The van der Waals surface area contributed by atoms with Crippen molar-refractivity contribution < 1.29 is 4.79 Å². The predicted molar refractivity (Wildman–Crippen MR) is 81.5 cm³/mol. The van der Waals surface area contributed by atoms with Gasteiger partial charge in [0, 0.05) is 11.4 Å². The van der Waals surface area contributed by atoms with Crippen molar-refractivity contribution in [3.8, 4) is 0 Å². The van der Waals surface area contributed by atoms with E-state index in [2.05, 4.69) is 4.98 Å². The van der Waals surface area contributed by atoms with Crippen molar-refractivity contribution in [2.75, 3.05) is 5.75 Å². The van der Waals surface area contributed by atoms with Crippen LogP contribution in [0.15, 0.2) is 9.95 Å². The molecule has 2 aromatic rings. The Morgan fingerprint density at radius 2 is 2.30 bits per heavy atom. The first kappa shape index (κ1) is 13.6. The zero-order valence-electron chi connectivity index (χ0n) is 11.1. The number of thioether (sulfide) groups is 1. The van der Waals surface area contributed by atoms with Crippen molar-refractivity contribution in [1.29, 1.82) is 0 Å². The second-order valence-corrected chi connectivity index (χ2v) is 6.76. The molecule has 0 unspecified atom stereocenters. The molecule has 2 aromatic heterocycles. The van der Waals surface area contributed by atoms with E-state index in [-0.39, 0.29) is 11.3 Å². The van der Waals surface area contributed by atoms with E-state index >= 15 is 0 Å². The Hall–Kier alpha value is -1.34. The van der Waals surface area contributed by atoms with Gasteiger partial charge in [-0.1, -0.05) is 11.8 Å². The summed E-state index contributed by atoms with van der Waals surface area (Å²) in [5.74, 6) is -0.260. The van der Waals surface area contributed by atoms with Gasteiger partial charge in [-0.3, -0.25) is 14.2 Å². The normalized spacial score (nSPS) is 13.8. The molecule has 0 aromatic carbocycles. The Balaban J connectivity index is 2.17. The molecular formula is C13H15N3O2S2. The fourth-order valence-electron chi connectivity index (χ4n) is 2.58. The van der Waals surface area contributed by atoms with E-state index in [1.165, 1.54) is 22.2 Å². The first-order chi connectivity index (χ1) is 9.61. The minimum atomic E-state index is -0.402. The lowest BCUT2D eigenvalue weighted by atomic mass is 10.2. The fourth-order valence-corrected chi connectivity index (χ4v) is 4.69. The van der Waals surface area contributed by atoms with E-state index in [4.69, 9.17) is 5.73 Å². The van der Waals surface area contributed by atoms with Gasteiger partial charge in [0.1, 0.15) is 4.83 Å².